The van der Waals surface area contributed by atoms with E-state index >= 15 is 0 Å². The normalized spacial score (nSPS) is 25.6. The molecule has 0 radical (unpaired) electrons. The van der Waals surface area contributed by atoms with Gasteiger partial charge in [-0.3, -0.25) is 14.5 Å². The van der Waals surface area contributed by atoms with Crippen LogP contribution in [0.4, 0.5) is 0 Å². The van der Waals surface area contributed by atoms with E-state index in [0.29, 0.717) is 12.0 Å². The summed E-state index contributed by atoms with van der Waals surface area (Å²) in [5.41, 5.74) is 0. The Balaban J connectivity index is 1.70. The molecular formula is C17H30N2O3. The Morgan fingerprint density at radius 2 is 2.00 bits per heavy atom. The van der Waals surface area contributed by atoms with Gasteiger partial charge in [0.05, 0.1) is 6.54 Å². The lowest BCUT2D eigenvalue weighted by molar-refractivity contribution is -0.140. The van der Waals surface area contributed by atoms with Gasteiger partial charge < -0.3 is 10.4 Å². The highest BCUT2D eigenvalue weighted by Gasteiger charge is 2.37. The molecule has 126 valence electrons. The average Bonchev–Trinajstić information content (AvgIpc) is 3.22. The highest BCUT2D eigenvalue weighted by Crippen LogP contribution is 2.33. The molecule has 2 aliphatic rings. The molecule has 0 aromatic heterocycles. The third-order valence-corrected chi connectivity index (χ3v) is 4.94. The van der Waals surface area contributed by atoms with Gasteiger partial charge in [0.1, 0.15) is 0 Å². The molecule has 0 aromatic rings. The van der Waals surface area contributed by atoms with Gasteiger partial charge in [-0.05, 0) is 38.0 Å². The number of nitrogens with one attached hydrogen (secondary N) is 1. The molecule has 1 unspecified atom stereocenters. The van der Waals surface area contributed by atoms with E-state index in [-0.39, 0.29) is 24.4 Å². The van der Waals surface area contributed by atoms with E-state index in [1.807, 2.05) is 6.92 Å². The Hall–Kier alpha value is -1.10. The first-order valence-corrected chi connectivity index (χ1v) is 8.75. The molecule has 1 atom stereocenters. The first-order chi connectivity index (χ1) is 10.5. The second-order valence-corrected chi connectivity index (χ2v) is 7.14. The molecule has 2 N–H and O–H groups in total. The van der Waals surface area contributed by atoms with Gasteiger partial charge in [0.15, 0.2) is 0 Å². The molecule has 0 spiro atoms. The molecule has 1 amide bonds. The van der Waals surface area contributed by atoms with E-state index in [0.717, 1.165) is 38.6 Å². The summed E-state index contributed by atoms with van der Waals surface area (Å²) in [7, 11) is 0. The SMILES string of the molecule is CCCCC(C)C(=O)NC1CC(N(CC(=O)O)CC2CC2)C1. The number of hydrogen-bond acceptors (Lipinski definition) is 3. The number of unbranched alkanes of at least 4 members (excludes halogenated alkanes) is 1. The van der Waals surface area contributed by atoms with Gasteiger partial charge >= 0.3 is 5.97 Å². The first kappa shape index (κ1) is 17.3. The Morgan fingerprint density at radius 3 is 2.55 bits per heavy atom. The van der Waals surface area contributed by atoms with Gasteiger partial charge in [-0.25, -0.2) is 0 Å². The van der Waals surface area contributed by atoms with E-state index in [9.17, 15) is 9.59 Å². The smallest absolute Gasteiger partial charge is 0.317 e. The van der Waals surface area contributed by atoms with Crippen molar-refractivity contribution in [3.63, 3.8) is 0 Å². The minimum Gasteiger partial charge on any atom is -0.480 e. The highest BCUT2D eigenvalue weighted by molar-refractivity contribution is 5.78. The standard InChI is InChI=1S/C17H30N2O3/c1-3-4-5-12(2)17(22)18-14-8-15(9-14)19(11-16(20)21)10-13-6-7-13/h12-15H,3-11H2,1-2H3,(H,18,22)(H,20,21). The molecule has 0 bridgehead atoms. The van der Waals surface area contributed by atoms with Crippen LogP contribution in [0.3, 0.4) is 0 Å². The minimum absolute atomic E-state index is 0.0839. The van der Waals surface area contributed by atoms with Crippen molar-refractivity contribution >= 4 is 11.9 Å². The van der Waals surface area contributed by atoms with Crippen molar-refractivity contribution < 1.29 is 14.7 Å². The van der Waals surface area contributed by atoms with Crippen molar-refractivity contribution in [1.29, 1.82) is 0 Å². The van der Waals surface area contributed by atoms with Gasteiger partial charge in [0.2, 0.25) is 5.91 Å². The fraction of sp³-hybridized carbons (Fsp3) is 0.882. The number of aliphatic carboxylic acids is 1. The Kier molecular flexibility index (Phi) is 6.24. The molecule has 5 nitrogen and oxygen atoms in total. The van der Waals surface area contributed by atoms with Crippen molar-refractivity contribution in [2.24, 2.45) is 11.8 Å². The number of carbonyl (C=O) groups excluding carboxylic acids is 1. The summed E-state index contributed by atoms with van der Waals surface area (Å²) < 4.78 is 0. The van der Waals surface area contributed by atoms with E-state index in [2.05, 4.69) is 17.1 Å². The molecule has 0 heterocycles. The molecule has 2 rings (SSSR count). The second-order valence-electron chi connectivity index (χ2n) is 7.14. The lowest BCUT2D eigenvalue weighted by Crippen LogP contribution is -2.55. The van der Waals surface area contributed by atoms with Crippen LogP contribution in [0, 0.1) is 11.8 Å². The number of carboxylic acid groups (broad SMARTS) is 1. The van der Waals surface area contributed by atoms with Gasteiger partial charge in [0, 0.05) is 24.5 Å². The summed E-state index contributed by atoms with van der Waals surface area (Å²) in [5.74, 6) is 0.188. The third-order valence-electron chi connectivity index (χ3n) is 4.94. The van der Waals surface area contributed by atoms with Crippen molar-refractivity contribution in [3.05, 3.63) is 0 Å². The number of amides is 1. The van der Waals surface area contributed by atoms with E-state index in [1.54, 1.807) is 0 Å². The van der Waals surface area contributed by atoms with Crippen molar-refractivity contribution in [3.8, 4) is 0 Å². The Bertz CT molecular complexity index is 389. The van der Waals surface area contributed by atoms with Crippen LogP contribution in [0.15, 0.2) is 0 Å². The third kappa shape index (κ3) is 5.27. The molecular weight excluding hydrogens is 280 g/mol. The van der Waals surface area contributed by atoms with Crippen LogP contribution in [0.25, 0.3) is 0 Å². The predicted molar refractivity (Wildman–Crippen MR) is 85.6 cm³/mol. The summed E-state index contributed by atoms with van der Waals surface area (Å²) in [5, 5.41) is 12.2. The molecule has 2 fully saturated rings. The summed E-state index contributed by atoms with van der Waals surface area (Å²) in [4.78, 5) is 25.2. The van der Waals surface area contributed by atoms with Crippen molar-refractivity contribution in [2.45, 2.75) is 70.9 Å². The second kappa shape index (κ2) is 7.95. The maximum Gasteiger partial charge on any atom is 0.317 e. The van der Waals surface area contributed by atoms with E-state index in [4.69, 9.17) is 5.11 Å². The topological polar surface area (TPSA) is 69.6 Å². The maximum atomic E-state index is 12.1. The Morgan fingerprint density at radius 1 is 1.32 bits per heavy atom. The molecule has 0 aromatic carbocycles. The number of nitrogens with zero attached hydrogens (tertiary/aromatic N) is 1. The van der Waals surface area contributed by atoms with Crippen molar-refractivity contribution in [1.82, 2.24) is 10.2 Å². The lowest BCUT2D eigenvalue weighted by Gasteiger charge is -2.43. The molecule has 0 saturated heterocycles. The molecule has 2 saturated carbocycles. The van der Waals surface area contributed by atoms with Gasteiger partial charge in [-0.2, -0.15) is 0 Å². The summed E-state index contributed by atoms with van der Waals surface area (Å²) in [6, 6.07) is 0.560. The van der Waals surface area contributed by atoms with Crippen LogP contribution in [0.1, 0.15) is 58.8 Å². The highest BCUT2D eigenvalue weighted by atomic mass is 16.4. The lowest BCUT2D eigenvalue weighted by atomic mass is 9.84. The number of hydrogen-bond donors (Lipinski definition) is 2. The largest absolute Gasteiger partial charge is 0.480 e. The van der Waals surface area contributed by atoms with Gasteiger partial charge in [-0.15, -0.1) is 0 Å². The molecule has 2 aliphatic carbocycles. The predicted octanol–water partition coefficient (Wildman–Crippen LogP) is 2.26. The summed E-state index contributed by atoms with van der Waals surface area (Å²) >= 11 is 0. The number of carbonyl (C=O) groups is 2. The van der Waals surface area contributed by atoms with Crippen LogP contribution in [0.5, 0.6) is 0 Å². The minimum atomic E-state index is -0.749. The quantitative estimate of drug-likeness (QED) is 0.649. The van der Waals surface area contributed by atoms with Gasteiger partial charge in [0.25, 0.3) is 0 Å². The Labute approximate surface area is 133 Å². The fourth-order valence-corrected chi connectivity index (χ4v) is 3.14. The molecule has 0 aliphatic heterocycles. The van der Waals surface area contributed by atoms with Crippen LogP contribution in [-0.4, -0.2) is 47.1 Å². The monoisotopic (exact) mass is 310 g/mol. The molecule has 5 heteroatoms. The van der Waals surface area contributed by atoms with Crippen LogP contribution < -0.4 is 5.32 Å². The van der Waals surface area contributed by atoms with Crippen LogP contribution in [-0.2, 0) is 9.59 Å². The summed E-state index contributed by atoms with van der Waals surface area (Å²) in [6.07, 6.45) is 7.42. The average molecular weight is 310 g/mol. The van der Waals surface area contributed by atoms with E-state index < -0.39 is 5.97 Å². The molecule has 22 heavy (non-hydrogen) atoms. The first-order valence-electron chi connectivity index (χ1n) is 8.75. The van der Waals surface area contributed by atoms with Crippen LogP contribution in [0.2, 0.25) is 0 Å². The summed E-state index contributed by atoms with van der Waals surface area (Å²) in [6.45, 7) is 5.17. The van der Waals surface area contributed by atoms with Crippen LogP contribution >= 0.6 is 0 Å². The zero-order valence-electron chi connectivity index (χ0n) is 13.9. The van der Waals surface area contributed by atoms with Crippen molar-refractivity contribution in [2.75, 3.05) is 13.1 Å². The van der Waals surface area contributed by atoms with E-state index in [1.165, 1.54) is 12.8 Å². The zero-order chi connectivity index (χ0) is 16.1. The fourth-order valence-electron chi connectivity index (χ4n) is 3.14. The number of rotatable bonds is 10. The van der Waals surface area contributed by atoms with Gasteiger partial charge in [-0.1, -0.05) is 26.7 Å². The maximum absolute atomic E-state index is 12.1. The number of carboxylic acids is 1. The zero-order valence-corrected chi connectivity index (χ0v) is 13.9.